The highest BCUT2D eigenvalue weighted by Crippen LogP contribution is 2.27. The summed E-state index contributed by atoms with van der Waals surface area (Å²) < 4.78 is 0. The van der Waals surface area contributed by atoms with Crippen LogP contribution < -0.4 is 0 Å². The summed E-state index contributed by atoms with van der Waals surface area (Å²) in [6, 6.07) is 13.7. The van der Waals surface area contributed by atoms with Gasteiger partial charge in [-0.05, 0) is 29.7 Å². The fourth-order valence-electron chi connectivity index (χ4n) is 2.21. The summed E-state index contributed by atoms with van der Waals surface area (Å²) in [6.07, 6.45) is 0. The first-order chi connectivity index (χ1) is 10.0. The maximum absolute atomic E-state index is 6.26. The van der Waals surface area contributed by atoms with Crippen LogP contribution in [0.4, 0.5) is 0 Å². The van der Waals surface area contributed by atoms with Crippen LogP contribution in [0.5, 0.6) is 0 Å². The number of nitrogens with zero attached hydrogens (tertiary/aromatic N) is 2. The van der Waals surface area contributed by atoms with Crippen molar-refractivity contribution in [1.29, 1.82) is 0 Å². The van der Waals surface area contributed by atoms with Gasteiger partial charge < -0.3 is 0 Å². The van der Waals surface area contributed by atoms with Crippen LogP contribution in [0.1, 0.15) is 25.3 Å². The number of rotatable bonds is 2. The summed E-state index contributed by atoms with van der Waals surface area (Å²) in [5, 5.41) is 1.82. The van der Waals surface area contributed by atoms with Gasteiger partial charge in [0.25, 0.3) is 0 Å². The average molecular weight is 317 g/mol. The Hall–Kier alpha value is -1.64. The van der Waals surface area contributed by atoms with Crippen LogP contribution >= 0.6 is 23.2 Å². The first kappa shape index (κ1) is 14.3. The van der Waals surface area contributed by atoms with Gasteiger partial charge in [0.2, 0.25) is 0 Å². The number of benzene rings is 2. The van der Waals surface area contributed by atoms with Crippen molar-refractivity contribution >= 4 is 34.1 Å². The molecule has 1 aromatic heterocycles. The predicted molar refractivity (Wildman–Crippen MR) is 89.1 cm³/mol. The molecule has 0 fully saturated rings. The van der Waals surface area contributed by atoms with E-state index < -0.39 is 0 Å². The number of aromatic nitrogens is 2. The van der Waals surface area contributed by atoms with Crippen molar-refractivity contribution in [3.8, 4) is 11.4 Å². The lowest BCUT2D eigenvalue weighted by Crippen LogP contribution is -1.93. The Kier molecular flexibility index (Phi) is 3.83. The lowest BCUT2D eigenvalue weighted by Gasteiger charge is -2.08. The number of fused-ring (bicyclic) bond motifs is 1. The Morgan fingerprint density at radius 1 is 0.905 bits per heavy atom. The Morgan fingerprint density at radius 2 is 1.62 bits per heavy atom. The molecular weight excluding hydrogens is 303 g/mol. The van der Waals surface area contributed by atoms with Gasteiger partial charge in [0.15, 0.2) is 5.82 Å². The molecule has 106 valence electrons. The van der Waals surface area contributed by atoms with E-state index in [1.54, 1.807) is 12.1 Å². The molecule has 0 saturated carbocycles. The van der Waals surface area contributed by atoms with Gasteiger partial charge in [-0.15, -0.1) is 0 Å². The van der Waals surface area contributed by atoms with Gasteiger partial charge in [-0.1, -0.05) is 61.3 Å². The summed E-state index contributed by atoms with van der Waals surface area (Å²) in [6.45, 7) is 4.34. The summed E-state index contributed by atoms with van der Waals surface area (Å²) in [4.78, 5) is 8.95. The van der Waals surface area contributed by atoms with Crippen LogP contribution in [0, 0.1) is 0 Å². The van der Waals surface area contributed by atoms with Crippen molar-refractivity contribution in [1.82, 2.24) is 9.97 Å². The van der Waals surface area contributed by atoms with Crippen molar-refractivity contribution in [2.24, 2.45) is 0 Å². The Bertz CT molecular complexity index is 796. The van der Waals surface area contributed by atoms with Crippen molar-refractivity contribution in [3.63, 3.8) is 0 Å². The third-order valence-corrected chi connectivity index (χ3v) is 3.97. The average Bonchev–Trinajstić information content (AvgIpc) is 2.48. The van der Waals surface area contributed by atoms with Crippen LogP contribution in [0.3, 0.4) is 0 Å². The molecule has 4 heteroatoms. The summed E-state index contributed by atoms with van der Waals surface area (Å²) in [7, 11) is 0. The number of halogens is 2. The first-order valence-electron chi connectivity index (χ1n) is 6.78. The lowest BCUT2D eigenvalue weighted by molar-refractivity contribution is 0.867. The summed E-state index contributed by atoms with van der Waals surface area (Å²) in [5.74, 6) is 1.13. The second-order valence-corrected chi connectivity index (χ2v) is 6.07. The summed E-state index contributed by atoms with van der Waals surface area (Å²) >= 11 is 12.2. The smallest absolute Gasteiger partial charge is 0.161 e. The highest BCUT2D eigenvalue weighted by Gasteiger charge is 2.09. The van der Waals surface area contributed by atoms with Crippen LogP contribution in [0.15, 0.2) is 42.5 Å². The molecule has 2 aromatic carbocycles. The third-order valence-electron chi connectivity index (χ3n) is 3.45. The molecule has 0 atom stereocenters. The van der Waals surface area contributed by atoms with Crippen LogP contribution in [-0.2, 0) is 0 Å². The third kappa shape index (κ3) is 2.87. The van der Waals surface area contributed by atoms with Crippen molar-refractivity contribution in [2.45, 2.75) is 19.8 Å². The van der Waals surface area contributed by atoms with Crippen molar-refractivity contribution in [3.05, 3.63) is 58.2 Å². The molecule has 2 nitrogen and oxygen atoms in total. The minimum atomic E-state index is 0.422. The second kappa shape index (κ2) is 5.63. The second-order valence-electron chi connectivity index (χ2n) is 5.28. The lowest BCUT2D eigenvalue weighted by atomic mass is 10.0. The van der Waals surface area contributed by atoms with Crippen molar-refractivity contribution < 1.29 is 0 Å². The van der Waals surface area contributed by atoms with Crippen LogP contribution in [-0.4, -0.2) is 9.97 Å². The predicted octanol–water partition coefficient (Wildman–Crippen LogP) is 5.73. The van der Waals surface area contributed by atoms with Gasteiger partial charge >= 0.3 is 0 Å². The molecule has 0 saturated heterocycles. The van der Waals surface area contributed by atoms with E-state index >= 15 is 0 Å². The molecule has 0 spiro atoms. The Morgan fingerprint density at radius 3 is 2.29 bits per heavy atom. The SMILES string of the molecule is CC(C)c1ccc(-c2nc(Cl)c3cc(Cl)ccc3n2)cc1. The van der Waals surface area contributed by atoms with Gasteiger partial charge in [-0.2, -0.15) is 0 Å². The zero-order valence-electron chi connectivity index (χ0n) is 11.8. The maximum atomic E-state index is 6.26. The van der Waals surface area contributed by atoms with Crippen LogP contribution in [0.25, 0.3) is 22.3 Å². The summed E-state index contributed by atoms with van der Waals surface area (Å²) in [5.41, 5.74) is 3.04. The molecule has 0 aliphatic heterocycles. The zero-order valence-corrected chi connectivity index (χ0v) is 13.3. The van der Waals surface area contributed by atoms with Gasteiger partial charge in [0.05, 0.1) is 5.52 Å². The molecule has 3 aromatic rings. The van der Waals surface area contributed by atoms with E-state index in [1.165, 1.54) is 5.56 Å². The standard InChI is InChI=1S/C17H14Cl2N2/c1-10(2)11-3-5-12(6-4-11)17-20-15-8-7-13(18)9-14(15)16(19)21-17/h3-10H,1-2H3. The highest BCUT2D eigenvalue weighted by molar-refractivity contribution is 6.35. The molecule has 0 aliphatic carbocycles. The normalized spacial score (nSPS) is 11.3. The van der Waals surface area contributed by atoms with E-state index in [-0.39, 0.29) is 0 Å². The van der Waals surface area contributed by atoms with Crippen molar-refractivity contribution in [2.75, 3.05) is 0 Å². The quantitative estimate of drug-likeness (QED) is 0.564. The van der Waals surface area contributed by atoms with Gasteiger partial charge in [0.1, 0.15) is 5.15 Å². The molecule has 0 bridgehead atoms. The van der Waals surface area contributed by atoms with Crippen LogP contribution in [0.2, 0.25) is 10.2 Å². The fourth-order valence-corrected chi connectivity index (χ4v) is 2.61. The minimum absolute atomic E-state index is 0.422. The maximum Gasteiger partial charge on any atom is 0.161 e. The minimum Gasteiger partial charge on any atom is -0.228 e. The number of hydrogen-bond donors (Lipinski definition) is 0. The van der Waals surface area contributed by atoms with E-state index in [1.807, 2.05) is 18.2 Å². The largest absolute Gasteiger partial charge is 0.228 e. The molecule has 0 radical (unpaired) electrons. The molecule has 3 rings (SSSR count). The van der Waals surface area contributed by atoms with E-state index in [2.05, 4.69) is 35.9 Å². The van der Waals surface area contributed by atoms with E-state index in [4.69, 9.17) is 23.2 Å². The monoisotopic (exact) mass is 316 g/mol. The molecule has 21 heavy (non-hydrogen) atoms. The highest BCUT2D eigenvalue weighted by atomic mass is 35.5. The molecular formula is C17H14Cl2N2. The molecule has 1 heterocycles. The Labute approximate surface area is 133 Å². The molecule has 0 unspecified atom stereocenters. The molecule has 0 aliphatic rings. The Balaban J connectivity index is 2.10. The van der Waals surface area contributed by atoms with Gasteiger partial charge in [-0.25, -0.2) is 9.97 Å². The van der Waals surface area contributed by atoms with E-state index in [9.17, 15) is 0 Å². The molecule has 0 N–H and O–H groups in total. The van der Waals surface area contributed by atoms with E-state index in [0.717, 1.165) is 16.5 Å². The first-order valence-corrected chi connectivity index (χ1v) is 7.53. The van der Waals surface area contributed by atoms with Gasteiger partial charge in [0, 0.05) is 16.0 Å². The zero-order chi connectivity index (χ0) is 15.0. The fraction of sp³-hybridized carbons (Fsp3) is 0.176. The van der Waals surface area contributed by atoms with E-state index in [0.29, 0.717) is 21.9 Å². The molecule has 0 amide bonds. The number of hydrogen-bond acceptors (Lipinski definition) is 2. The van der Waals surface area contributed by atoms with Gasteiger partial charge in [-0.3, -0.25) is 0 Å². The topological polar surface area (TPSA) is 25.8 Å².